The molecule has 1 rings (SSSR count). The normalized spacial score (nSPS) is 13.4. The number of aliphatic carboxylic acids is 1. The monoisotopic (exact) mass is 365 g/mol. The lowest BCUT2D eigenvalue weighted by Crippen LogP contribution is -2.48. The van der Waals surface area contributed by atoms with Gasteiger partial charge >= 0.3 is 5.97 Å². The van der Waals surface area contributed by atoms with E-state index in [0.717, 1.165) is 0 Å². The molecule has 0 saturated heterocycles. The number of aliphatic hydroxyl groups excluding tert-OH is 1. The molecule has 6 nitrogen and oxygen atoms in total. The quantitative estimate of drug-likeness (QED) is 0.708. The minimum Gasteiger partial charge on any atom is -0.480 e. The van der Waals surface area contributed by atoms with Gasteiger partial charge in [-0.05, 0) is 41.1 Å². The number of carbonyl (C=O) groups is 2. The summed E-state index contributed by atoms with van der Waals surface area (Å²) in [6.45, 7) is 0.769. The molecule has 0 radical (unpaired) electrons. The molecule has 0 saturated carbocycles. The number of rotatable bonds is 6. The summed E-state index contributed by atoms with van der Waals surface area (Å²) in [5, 5.41) is 20.2. The smallest absolute Gasteiger partial charge is 0.328 e. The van der Waals surface area contributed by atoms with E-state index in [9.17, 15) is 9.59 Å². The van der Waals surface area contributed by atoms with Crippen molar-refractivity contribution in [3.05, 3.63) is 27.7 Å². The van der Waals surface area contributed by atoms with E-state index in [-0.39, 0.29) is 0 Å². The van der Waals surface area contributed by atoms with Gasteiger partial charge in [0.2, 0.25) is 0 Å². The van der Waals surface area contributed by atoms with Gasteiger partial charge < -0.3 is 20.3 Å². The van der Waals surface area contributed by atoms with Crippen LogP contribution in [0.25, 0.3) is 0 Å². The van der Waals surface area contributed by atoms with Crippen molar-refractivity contribution in [2.45, 2.75) is 19.1 Å². The van der Waals surface area contributed by atoms with Gasteiger partial charge in [0, 0.05) is 5.02 Å². The fraction of sp³-hybridized carbons (Fsp3) is 0.333. The lowest BCUT2D eigenvalue weighted by Gasteiger charge is -2.18. The maximum Gasteiger partial charge on any atom is 0.328 e. The maximum absolute atomic E-state index is 11.7. The van der Waals surface area contributed by atoms with Gasteiger partial charge in [-0.15, -0.1) is 0 Å². The first-order valence-corrected chi connectivity index (χ1v) is 6.78. The second kappa shape index (κ2) is 7.47. The molecule has 0 heterocycles. The first-order valence-electron chi connectivity index (χ1n) is 5.61. The molecule has 0 aliphatic rings. The second-order valence-corrected chi connectivity index (χ2v) is 5.21. The van der Waals surface area contributed by atoms with Gasteiger partial charge in [0.25, 0.3) is 5.91 Å². The summed E-state index contributed by atoms with van der Waals surface area (Å²) in [5.74, 6) is -1.57. The summed E-state index contributed by atoms with van der Waals surface area (Å²) in [6.07, 6.45) is -0.930. The Balaban J connectivity index is 2.68. The molecule has 0 fully saturated rings. The lowest BCUT2D eigenvalue weighted by molar-refractivity contribution is -0.144. The molecule has 0 spiro atoms. The molecule has 1 aromatic carbocycles. The van der Waals surface area contributed by atoms with E-state index in [4.69, 9.17) is 26.6 Å². The highest BCUT2D eigenvalue weighted by Crippen LogP contribution is 2.28. The number of benzene rings is 1. The van der Waals surface area contributed by atoms with E-state index < -0.39 is 30.6 Å². The lowest BCUT2D eigenvalue weighted by atomic mass is 10.2. The van der Waals surface area contributed by atoms with E-state index in [0.29, 0.717) is 15.2 Å². The number of carboxylic acid groups (broad SMARTS) is 1. The first-order chi connectivity index (χ1) is 9.35. The molecular weight excluding hydrogens is 353 g/mol. The fourth-order valence-corrected chi connectivity index (χ4v) is 2.07. The third-order valence-corrected chi connectivity index (χ3v) is 3.22. The maximum atomic E-state index is 11.7. The number of nitrogens with one attached hydrogen (secondary N) is 1. The summed E-state index contributed by atoms with van der Waals surface area (Å²) in [5.41, 5.74) is 0. The Morgan fingerprint density at radius 1 is 1.50 bits per heavy atom. The van der Waals surface area contributed by atoms with E-state index in [1.807, 2.05) is 0 Å². The molecule has 1 aromatic rings. The van der Waals surface area contributed by atoms with Crippen LogP contribution in [0.4, 0.5) is 0 Å². The van der Waals surface area contributed by atoms with Crippen molar-refractivity contribution in [3.63, 3.8) is 0 Å². The Kier molecular flexibility index (Phi) is 6.25. The second-order valence-electron chi connectivity index (χ2n) is 3.92. The van der Waals surface area contributed by atoms with Crippen LogP contribution < -0.4 is 10.1 Å². The van der Waals surface area contributed by atoms with Gasteiger partial charge in [-0.1, -0.05) is 11.6 Å². The van der Waals surface area contributed by atoms with Gasteiger partial charge in [-0.25, -0.2) is 4.79 Å². The summed E-state index contributed by atoms with van der Waals surface area (Å²) in [6, 6.07) is 3.42. The van der Waals surface area contributed by atoms with Crippen molar-refractivity contribution >= 4 is 39.4 Å². The summed E-state index contributed by atoms with van der Waals surface area (Å²) < 4.78 is 5.97. The molecule has 0 aromatic heterocycles. The minimum absolute atomic E-state index is 0.396. The number of carbonyl (C=O) groups excluding carboxylic acids is 1. The zero-order valence-corrected chi connectivity index (χ0v) is 12.8. The van der Waals surface area contributed by atoms with Crippen molar-refractivity contribution in [1.29, 1.82) is 0 Å². The van der Waals surface area contributed by atoms with E-state index in [2.05, 4.69) is 21.2 Å². The highest BCUT2D eigenvalue weighted by molar-refractivity contribution is 9.10. The van der Waals surface area contributed by atoms with Gasteiger partial charge in [-0.2, -0.15) is 0 Å². The Labute approximate surface area is 128 Å². The van der Waals surface area contributed by atoms with Gasteiger partial charge in [0.1, 0.15) is 11.8 Å². The van der Waals surface area contributed by atoms with Crippen LogP contribution in [0.2, 0.25) is 5.02 Å². The summed E-state index contributed by atoms with van der Waals surface area (Å²) in [7, 11) is 0. The topological polar surface area (TPSA) is 95.9 Å². The predicted octanol–water partition coefficient (Wildman–Crippen LogP) is 1.43. The average molecular weight is 367 g/mol. The Morgan fingerprint density at radius 2 is 2.15 bits per heavy atom. The van der Waals surface area contributed by atoms with Crippen LogP contribution in [0.1, 0.15) is 6.92 Å². The van der Waals surface area contributed by atoms with E-state index in [1.165, 1.54) is 6.92 Å². The first kappa shape index (κ1) is 16.7. The van der Waals surface area contributed by atoms with Crippen molar-refractivity contribution in [3.8, 4) is 5.75 Å². The Bertz CT molecular complexity index is 511. The standard InChI is InChI=1S/C12H13BrClNO5/c1-6(11(17)15-9(5-16)12(18)19)20-10-3-2-7(14)4-8(10)13/h2-4,6,9,16H,5H2,1H3,(H,15,17)(H,18,19)/t6?,9-/m0/s1. The molecule has 20 heavy (non-hydrogen) atoms. The van der Waals surface area contributed by atoms with Crippen molar-refractivity contribution in [2.24, 2.45) is 0 Å². The van der Waals surface area contributed by atoms with Crippen molar-refractivity contribution in [2.75, 3.05) is 6.61 Å². The average Bonchev–Trinajstić information content (AvgIpc) is 2.38. The molecule has 1 amide bonds. The molecule has 2 atom stereocenters. The van der Waals surface area contributed by atoms with Gasteiger partial charge in [-0.3, -0.25) is 4.79 Å². The number of hydrogen-bond acceptors (Lipinski definition) is 4. The van der Waals surface area contributed by atoms with Crippen LogP contribution in [0.3, 0.4) is 0 Å². The number of halogens is 2. The van der Waals surface area contributed by atoms with Crippen LogP contribution in [-0.2, 0) is 9.59 Å². The molecule has 0 aliphatic heterocycles. The largest absolute Gasteiger partial charge is 0.480 e. The SMILES string of the molecule is CC(Oc1ccc(Cl)cc1Br)C(=O)N[C@@H](CO)C(=O)O. The molecule has 1 unspecified atom stereocenters. The van der Waals surface area contributed by atoms with Gasteiger partial charge in [0.15, 0.2) is 6.10 Å². The molecule has 0 bridgehead atoms. The summed E-state index contributed by atoms with van der Waals surface area (Å²) in [4.78, 5) is 22.4. The third kappa shape index (κ3) is 4.66. The number of hydrogen-bond donors (Lipinski definition) is 3. The van der Waals surface area contributed by atoms with Crippen LogP contribution >= 0.6 is 27.5 Å². The third-order valence-electron chi connectivity index (χ3n) is 2.36. The predicted molar refractivity (Wildman–Crippen MR) is 75.9 cm³/mol. The fourth-order valence-electron chi connectivity index (χ4n) is 1.29. The zero-order chi connectivity index (χ0) is 15.3. The Morgan fingerprint density at radius 3 is 2.65 bits per heavy atom. The number of amides is 1. The molecule has 110 valence electrons. The Hall–Kier alpha value is -1.31. The van der Waals surface area contributed by atoms with Crippen LogP contribution in [0.15, 0.2) is 22.7 Å². The molecular formula is C12H13BrClNO5. The number of aliphatic hydroxyl groups is 1. The summed E-state index contributed by atoms with van der Waals surface area (Å²) >= 11 is 9.02. The van der Waals surface area contributed by atoms with Crippen molar-refractivity contribution in [1.82, 2.24) is 5.32 Å². The molecule has 3 N–H and O–H groups in total. The zero-order valence-electron chi connectivity index (χ0n) is 10.5. The van der Waals surface area contributed by atoms with Crippen LogP contribution in [-0.4, -0.2) is 40.8 Å². The highest BCUT2D eigenvalue weighted by atomic mass is 79.9. The van der Waals surface area contributed by atoms with Crippen LogP contribution in [0, 0.1) is 0 Å². The van der Waals surface area contributed by atoms with Gasteiger partial charge in [0.05, 0.1) is 11.1 Å². The number of ether oxygens (including phenoxy) is 1. The highest BCUT2D eigenvalue weighted by Gasteiger charge is 2.23. The number of carboxylic acids is 1. The van der Waals surface area contributed by atoms with E-state index >= 15 is 0 Å². The molecule has 0 aliphatic carbocycles. The minimum atomic E-state index is -1.36. The van der Waals surface area contributed by atoms with Crippen LogP contribution in [0.5, 0.6) is 5.75 Å². The van der Waals surface area contributed by atoms with Crippen molar-refractivity contribution < 1.29 is 24.5 Å². The molecule has 8 heteroatoms. The van der Waals surface area contributed by atoms with E-state index in [1.54, 1.807) is 18.2 Å².